The monoisotopic (exact) mass is 550 g/mol. The number of hydrogen-bond acceptors (Lipinski definition) is 6. The number of benzene rings is 1. The number of aliphatic hydroxyl groups is 1. The molecule has 6 atom stereocenters. The number of halogens is 1. The number of unbranched alkanes of at least 4 members (excludes halogenated alkanes) is 3. The number of aliphatic hydroxyl groups excluding tert-OH is 1. The van der Waals surface area contributed by atoms with Crippen molar-refractivity contribution in [1.82, 2.24) is 4.90 Å². The van der Waals surface area contributed by atoms with Crippen LogP contribution in [-0.2, 0) is 23.9 Å². The minimum atomic E-state index is -1.08. The largest absolute Gasteiger partial charge is 0.466 e. The summed E-state index contributed by atoms with van der Waals surface area (Å²) in [6.07, 6.45) is 3.05. The van der Waals surface area contributed by atoms with E-state index in [0.29, 0.717) is 25.8 Å². The number of nitrogens with one attached hydrogen (secondary N) is 1. The maximum Gasteiger partial charge on any atom is 0.312 e. The molecule has 35 heavy (non-hydrogen) atoms. The van der Waals surface area contributed by atoms with Crippen molar-refractivity contribution < 1.29 is 29.0 Å². The molecule has 3 heterocycles. The van der Waals surface area contributed by atoms with Gasteiger partial charge in [-0.15, -0.1) is 0 Å². The van der Waals surface area contributed by atoms with Gasteiger partial charge in [0.05, 0.1) is 24.5 Å². The van der Waals surface area contributed by atoms with Crippen LogP contribution in [0.4, 0.5) is 5.69 Å². The summed E-state index contributed by atoms with van der Waals surface area (Å²) in [6.45, 7) is 6.36. The number of likely N-dealkylation sites (tertiary alicyclic amines) is 1. The highest BCUT2D eigenvalue weighted by Crippen LogP contribution is 2.60. The molecule has 2 bridgehead atoms. The lowest BCUT2D eigenvalue weighted by Crippen LogP contribution is -2.54. The molecule has 0 saturated carbocycles. The highest BCUT2D eigenvalue weighted by molar-refractivity contribution is 9.09. The Labute approximate surface area is 214 Å². The van der Waals surface area contributed by atoms with Crippen LogP contribution >= 0.6 is 15.9 Å². The van der Waals surface area contributed by atoms with Gasteiger partial charge in [-0.1, -0.05) is 47.0 Å². The topological polar surface area (TPSA) is 105 Å². The molecule has 1 spiro atoms. The zero-order valence-electron chi connectivity index (χ0n) is 20.6. The highest BCUT2D eigenvalue weighted by atomic mass is 79.9. The lowest BCUT2D eigenvalue weighted by molar-refractivity contribution is -0.154. The van der Waals surface area contributed by atoms with Crippen molar-refractivity contribution in [2.75, 3.05) is 25.1 Å². The Morgan fingerprint density at radius 1 is 1.23 bits per heavy atom. The normalized spacial score (nSPS) is 31.1. The van der Waals surface area contributed by atoms with Gasteiger partial charge < -0.3 is 24.8 Å². The van der Waals surface area contributed by atoms with Crippen molar-refractivity contribution in [1.29, 1.82) is 0 Å². The van der Waals surface area contributed by atoms with E-state index in [0.717, 1.165) is 29.7 Å². The average Bonchev–Trinajstić information content (AvgIpc) is 3.40. The van der Waals surface area contributed by atoms with Crippen molar-refractivity contribution >= 4 is 39.4 Å². The van der Waals surface area contributed by atoms with E-state index in [1.54, 1.807) is 11.8 Å². The fourth-order valence-corrected chi connectivity index (χ4v) is 7.07. The molecule has 3 aliphatic heterocycles. The summed E-state index contributed by atoms with van der Waals surface area (Å²) < 4.78 is 11.8. The van der Waals surface area contributed by atoms with Gasteiger partial charge in [0.15, 0.2) is 0 Å². The first kappa shape index (κ1) is 26.1. The van der Waals surface area contributed by atoms with Gasteiger partial charge in [0.1, 0.15) is 11.6 Å². The number of fused-ring (bicyclic) bond motifs is 1. The number of esters is 1. The Morgan fingerprint density at radius 2 is 1.91 bits per heavy atom. The zero-order chi connectivity index (χ0) is 25.3. The van der Waals surface area contributed by atoms with Gasteiger partial charge in [-0.05, 0) is 51.2 Å². The van der Waals surface area contributed by atoms with Gasteiger partial charge in [0.2, 0.25) is 11.8 Å². The van der Waals surface area contributed by atoms with Crippen molar-refractivity contribution in [2.45, 2.75) is 75.4 Å². The summed E-state index contributed by atoms with van der Waals surface area (Å²) in [5.74, 6) is -2.44. The number of hydrogen-bond donors (Lipinski definition) is 2. The number of rotatable bonds is 10. The molecule has 192 valence electrons. The number of ether oxygens (including phenoxy) is 2. The van der Waals surface area contributed by atoms with Crippen LogP contribution in [0.15, 0.2) is 18.2 Å². The second-order valence-corrected chi connectivity index (χ2v) is 11.0. The maximum atomic E-state index is 13.9. The van der Waals surface area contributed by atoms with Crippen LogP contribution in [0.5, 0.6) is 0 Å². The quantitative estimate of drug-likeness (QED) is 0.263. The van der Waals surface area contributed by atoms with E-state index in [4.69, 9.17) is 14.6 Å². The number of carbonyl (C=O) groups excluding carboxylic acids is 3. The third kappa shape index (κ3) is 4.51. The first-order valence-corrected chi connectivity index (χ1v) is 13.4. The molecule has 2 N–H and O–H groups in total. The van der Waals surface area contributed by atoms with Crippen LogP contribution in [0.25, 0.3) is 0 Å². The van der Waals surface area contributed by atoms with Crippen LogP contribution in [0.1, 0.15) is 50.2 Å². The molecule has 1 aromatic rings. The van der Waals surface area contributed by atoms with Crippen LogP contribution in [0.3, 0.4) is 0 Å². The molecule has 0 radical (unpaired) electrons. The summed E-state index contributed by atoms with van der Waals surface area (Å²) in [5, 5.41) is 12.1. The van der Waals surface area contributed by atoms with Gasteiger partial charge in [-0.3, -0.25) is 14.4 Å². The fraction of sp³-hybridized carbons (Fsp3) is 0.654. The summed E-state index contributed by atoms with van der Waals surface area (Å²) in [4.78, 5) is 42.1. The van der Waals surface area contributed by atoms with Gasteiger partial charge in [0.25, 0.3) is 0 Å². The summed E-state index contributed by atoms with van der Waals surface area (Å²) in [7, 11) is 0. The van der Waals surface area contributed by atoms with Crippen LogP contribution < -0.4 is 5.32 Å². The van der Waals surface area contributed by atoms with Crippen molar-refractivity contribution in [3.63, 3.8) is 0 Å². The number of carbonyl (C=O) groups is 3. The minimum absolute atomic E-state index is 0.137. The van der Waals surface area contributed by atoms with Gasteiger partial charge >= 0.3 is 5.97 Å². The molecule has 2 amide bonds. The standard InChI is InChI=1S/C26H35BrN2O6/c1-4-34-25(33)18-19-24(32)29(12-7-5-6-8-13-30)22(26(19)14-17(27)21(18)35-26)23(31)28-20-15(2)10-9-11-16(20)3/h9-11,17-19,21-22,30H,4-8,12-14H2,1-3H3,(H,28,31)/t17?,18-,19+,21-,22?,26?/m1/s1. The second kappa shape index (κ2) is 10.6. The highest BCUT2D eigenvalue weighted by Gasteiger charge is 2.76. The molecular formula is C26H35BrN2O6. The number of nitrogens with zero attached hydrogens (tertiary/aromatic N) is 1. The van der Waals surface area contributed by atoms with E-state index in [1.165, 1.54) is 0 Å². The van der Waals surface area contributed by atoms with E-state index in [-0.39, 0.29) is 29.9 Å². The SMILES string of the molecule is CCOC(=O)[C@H]1[C@@H]2OC3(CC2Br)C(C(=O)Nc2c(C)cccc2C)N(CCCCCCO)C(=O)[C@H]13. The Bertz CT molecular complexity index is 966. The van der Waals surface area contributed by atoms with Gasteiger partial charge in [-0.25, -0.2) is 0 Å². The molecule has 1 aromatic carbocycles. The molecule has 0 aromatic heterocycles. The lowest BCUT2D eigenvalue weighted by Gasteiger charge is -2.34. The summed E-state index contributed by atoms with van der Waals surface area (Å²) >= 11 is 3.66. The third-order valence-corrected chi connectivity index (χ3v) is 8.48. The van der Waals surface area contributed by atoms with Crippen LogP contribution in [-0.4, -0.2) is 70.1 Å². The minimum Gasteiger partial charge on any atom is -0.466 e. The predicted molar refractivity (Wildman–Crippen MR) is 134 cm³/mol. The molecule has 0 aliphatic carbocycles. The van der Waals surface area contributed by atoms with Crippen molar-refractivity contribution in [2.24, 2.45) is 11.8 Å². The third-order valence-electron chi connectivity index (χ3n) is 7.63. The van der Waals surface area contributed by atoms with E-state index >= 15 is 0 Å². The lowest BCUT2D eigenvalue weighted by atomic mass is 9.70. The maximum absolute atomic E-state index is 13.9. The second-order valence-electron chi connectivity index (χ2n) is 9.84. The molecule has 9 heteroatoms. The molecule has 3 aliphatic rings. The zero-order valence-corrected chi connectivity index (χ0v) is 22.2. The Hall–Kier alpha value is -1.97. The average molecular weight is 551 g/mol. The molecule has 4 rings (SSSR count). The molecular weight excluding hydrogens is 516 g/mol. The summed E-state index contributed by atoms with van der Waals surface area (Å²) in [6, 6.07) is 4.96. The summed E-state index contributed by atoms with van der Waals surface area (Å²) in [5.41, 5.74) is 1.52. The Morgan fingerprint density at radius 3 is 2.57 bits per heavy atom. The van der Waals surface area contributed by atoms with E-state index in [9.17, 15) is 14.4 Å². The fourth-order valence-electron chi connectivity index (χ4n) is 6.13. The van der Waals surface area contributed by atoms with Crippen molar-refractivity contribution in [3.05, 3.63) is 29.3 Å². The number of para-hydroxylation sites is 1. The van der Waals surface area contributed by atoms with Gasteiger partial charge in [-0.2, -0.15) is 0 Å². The van der Waals surface area contributed by atoms with Crippen LogP contribution in [0, 0.1) is 25.7 Å². The molecule has 3 fully saturated rings. The van der Waals surface area contributed by atoms with E-state index < -0.39 is 35.6 Å². The first-order chi connectivity index (χ1) is 16.8. The molecule has 8 nitrogen and oxygen atoms in total. The number of amides is 2. The predicted octanol–water partition coefficient (Wildman–Crippen LogP) is 3.11. The Kier molecular flexibility index (Phi) is 7.88. The van der Waals surface area contributed by atoms with Crippen molar-refractivity contribution in [3.8, 4) is 0 Å². The van der Waals surface area contributed by atoms with E-state index in [1.807, 2.05) is 32.0 Å². The number of anilines is 1. The first-order valence-electron chi connectivity index (χ1n) is 12.5. The Balaban J connectivity index is 1.67. The number of aryl methyl sites for hydroxylation is 2. The molecule has 3 unspecified atom stereocenters. The van der Waals surface area contributed by atoms with Gasteiger partial charge in [0, 0.05) is 23.7 Å². The molecule has 3 saturated heterocycles. The van der Waals surface area contributed by atoms with E-state index in [2.05, 4.69) is 21.2 Å². The number of alkyl halides is 1. The smallest absolute Gasteiger partial charge is 0.312 e. The van der Waals surface area contributed by atoms with Crippen LogP contribution in [0.2, 0.25) is 0 Å².